The van der Waals surface area contributed by atoms with Gasteiger partial charge in [-0.25, -0.2) is 0 Å². The van der Waals surface area contributed by atoms with E-state index in [1.54, 1.807) is 6.07 Å². The molecule has 0 bridgehead atoms. The van der Waals surface area contributed by atoms with Crippen LogP contribution in [0.4, 0.5) is 0 Å². The predicted octanol–water partition coefficient (Wildman–Crippen LogP) is 2.18. The topological polar surface area (TPSA) is 35.5 Å². The highest BCUT2D eigenvalue weighted by Gasteiger charge is 2.19. The van der Waals surface area contributed by atoms with Crippen LogP contribution in [0.1, 0.15) is 11.6 Å². The fourth-order valence-corrected chi connectivity index (χ4v) is 2.35. The lowest BCUT2D eigenvalue weighted by atomic mass is 10.0. The zero-order valence-electron chi connectivity index (χ0n) is 9.69. The molecule has 3 nitrogen and oxygen atoms in total. The Morgan fingerprint density at radius 2 is 2.12 bits per heavy atom. The molecule has 1 atom stereocenters. The molecule has 0 aromatic heterocycles. The standard InChI is InChI=1S/C13H17ClN2O/c1-2-12(16-7-5-15-6-8-16)10-3-4-13(17)11(14)9-10/h2-4,9,12,15,17H,1,5-8H2/t12-/m1/s1. The van der Waals surface area contributed by atoms with Crippen molar-refractivity contribution < 1.29 is 5.11 Å². The van der Waals surface area contributed by atoms with Crippen molar-refractivity contribution in [1.29, 1.82) is 0 Å². The van der Waals surface area contributed by atoms with Gasteiger partial charge in [0, 0.05) is 26.2 Å². The Bertz CT molecular complexity index is 402. The summed E-state index contributed by atoms with van der Waals surface area (Å²) >= 11 is 5.94. The van der Waals surface area contributed by atoms with Crippen LogP contribution in [-0.2, 0) is 0 Å². The first-order chi connectivity index (χ1) is 8.22. The third kappa shape index (κ3) is 2.80. The van der Waals surface area contributed by atoms with Crippen LogP contribution in [0.25, 0.3) is 0 Å². The Balaban J connectivity index is 2.21. The lowest BCUT2D eigenvalue weighted by molar-refractivity contribution is 0.203. The Labute approximate surface area is 107 Å². The van der Waals surface area contributed by atoms with Gasteiger partial charge < -0.3 is 10.4 Å². The summed E-state index contributed by atoms with van der Waals surface area (Å²) < 4.78 is 0. The van der Waals surface area contributed by atoms with Crippen LogP contribution in [0.2, 0.25) is 5.02 Å². The third-order valence-corrected chi connectivity index (χ3v) is 3.38. The van der Waals surface area contributed by atoms with Gasteiger partial charge in [-0.2, -0.15) is 0 Å². The molecule has 0 unspecified atom stereocenters. The molecule has 2 N–H and O–H groups in total. The van der Waals surface area contributed by atoms with E-state index in [1.807, 2.05) is 18.2 Å². The Morgan fingerprint density at radius 1 is 1.41 bits per heavy atom. The normalized spacial score (nSPS) is 18.9. The van der Waals surface area contributed by atoms with E-state index in [-0.39, 0.29) is 11.8 Å². The lowest BCUT2D eigenvalue weighted by Gasteiger charge is -2.33. The second-order valence-electron chi connectivity index (χ2n) is 4.18. The molecular weight excluding hydrogens is 236 g/mol. The van der Waals surface area contributed by atoms with Gasteiger partial charge in [0.2, 0.25) is 0 Å². The van der Waals surface area contributed by atoms with Crippen molar-refractivity contribution in [3.8, 4) is 5.75 Å². The molecule has 1 aromatic carbocycles. The Hall–Kier alpha value is -1.03. The molecule has 1 fully saturated rings. The second-order valence-corrected chi connectivity index (χ2v) is 4.58. The maximum Gasteiger partial charge on any atom is 0.134 e. The first-order valence-corrected chi connectivity index (χ1v) is 6.16. The van der Waals surface area contributed by atoms with E-state index in [2.05, 4.69) is 16.8 Å². The number of halogens is 1. The zero-order valence-corrected chi connectivity index (χ0v) is 10.5. The van der Waals surface area contributed by atoms with Crippen molar-refractivity contribution in [1.82, 2.24) is 10.2 Å². The number of hydrogen-bond donors (Lipinski definition) is 2. The summed E-state index contributed by atoms with van der Waals surface area (Å²) in [6, 6.07) is 5.51. The van der Waals surface area contributed by atoms with Crippen LogP contribution < -0.4 is 5.32 Å². The fourth-order valence-electron chi connectivity index (χ4n) is 2.16. The van der Waals surface area contributed by atoms with E-state index in [0.717, 1.165) is 31.7 Å². The van der Waals surface area contributed by atoms with Crippen LogP contribution in [0.15, 0.2) is 30.9 Å². The van der Waals surface area contributed by atoms with Crippen molar-refractivity contribution in [3.05, 3.63) is 41.4 Å². The molecular formula is C13H17ClN2O. The monoisotopic (exact) mass is 252 g/mol. The van der Waals surface area contributed by atoms with Crippen molar-refractivity contribution in [3.63, 3.8) is 0 Å². The van der Waals surface area contributed by atoms with Crippen molar-refractivity contribution in [2.24, 2.45) is 0 Å². The first kappa shape index (κ1) is 12.4. The number of nitrogens with zero attached hydrogens (tertiary/aromatic N) is 1. The summed E-state index contributed by atoms with van der Waals surface area (Å²) in [7, 11) is 0. The number of hydrogen-bond acceptors (Lipinski definition) is 3. The molecule has 0 saturated carbocycles. The molecule has 0 amide bonds. The molecule has 1 aromatic rings. The molecule has 1 aliphatic rings. The van der Waals surface area contributed by atoms with Gasteiger partial charge in [-0.05, 0) is 17.7 Å². The van der Waals surface area contributed by atoms with Gasteiger partial charge in [-0.15, -0.1) is 6.58 Å². The molecule has 0 aliphatic carbocycles. The summed E-state index contributed by atoms with van der Waals surface area (Å²) in [5.74, 6) is 0.124. The van der Waals surface area contributed by atoms with Crippen molar-refractivity contribution in [2.45, 2.75) is 6.04 Å². The predicted molar refractivity (Wildman–Crippen MR) is 70.5 cm³/mol. The maximum absolute atomic E-state index is 9.43. The van der Waals surface area contributed by atoms with Crippen molar-refractivity contribution in [2.75, 3.05) is 26.2 Å². The minimum Gasteiger partial charge on any atom is -0.506 e. The lowest BCUT2D eigenvalue weighted by Crippen LogP contribution is -2.44. The average Bonchev–Trinajstić information content (AvgIpc) is 2.36. The highest BCUT2D eigenvalue weighted by Crippen LogP contribution is 2.29. The Morgan fingerprint density at radius 3 is 2.71 bits per heavy atom. The van der Waals surface area contributed by atoms with E-state index in [0.29, 0.717) is 5.02 Å². The van der Waals surface area contributed by atoms with Gasteiger partial charge in [0.25, 0.3) is 0 Å². The van der Waals surface area contributed by atoms with E-state index in [1.165, 1.54) is 0 Å². The summed E-state index contributed by atoms with van der Waals surface area (Å²) in [5.41, 5.74) is 1.07. The summed E-state index contributed by atoms with van der Waals surface area (Å²) in [6.45, 7) is 7.88. The van der Waals surface area contributed by atoms with Gasteiger partial charge in [-0.1, -0.05) is 23.7 Å². The number of nitrogens with one attached hydrogen (secondary N) is 1. The van der Waals surface area contributed by atoms with Gasteiger partial charge >= 0.3 is 0 Å². The molecule has 1 heterocycles. The molecule has 17 heavy (non-hydrogen) atoms. The molecule has 92 valence electrons. The van der Waals surface area contributed by atoms with Crippen LogP contribution in [0.5, 0.6) is 5.75 Å². The van der Waals surface area contributed by atoms with Gasteiger partial charge in [0.15, 0.2) is 0 Å². The smallest absolute Gasteiger partial charge is 0.134 e. The number of aromatic hydroxyl groups is 1. The number of benzene rings is 1. The average molecular weight is 253 g/mol. The number of phenolic OH excluding ortho intramolecular Hbond substituents is 1. The number of rotatable bonds is 3. The molecule has 1 aliphatic heterocycles. The Kier molecular flexibility index (Phi) is 4.05. The summed E-state index contributed by atoms with van der Waals surface area (Å²) in [6.07, 6.45) is 1.92. The minimum atomic E-state index is 0.124. The zero-order chi connectivity index (χ0) is 12.3. The molecule has 2 rings (SSSR count). The highest BCUT2D eigenvalue weighted by atomic mass is 35.5. The van der Waals surface area contributed by atoms with E-state index in [9.17, 15) is 5.11 Å². The SMILES string of the molecule is C=C[C@H](c1ccc(O)c(Cl)c1)N1CCNCC1. The van der Waals surface area contributed by atoms with E-state index >= 15 is 0 Å². The fraction of sp³-hybridized carbons (Fsp3) is 0.385. The maximum atomic E-state index is 9.43. The largest absolute Gasteiger partial charge is 0.506 e. The van der Waals surface area contributed by atoms with Crippen LogP contribution in [0.3, 0.4) is 0 Å². The van der Waals surface area contributed by atoms with Crippen LogP contribution >= 0.6 is 11.6 Å². The minimum absolute atomic E-state index is 0.124. The molecule has 4 heteroatoms. The second kappa shape index (κ2) is 5.54. The number of piperazine rings is 1. The van der Waals surface area contributed by atoms with Crippen molar-refractivity contribution >= 4 is 11.6 Å². The van der Waals surface area contributed by atoms with E-state index < -0.39 is 0 Å². The molecule has 0 spiro atoms. The quantitative estimate of drug-likeness (QED) is 0.810. The number of phenols is 1. The van der Waals surface area contributed by atoms with E-state index in [4.69, 9.17) is 11.6 Å². The summed E-state index contributed by atoms with van der Waals surface area (Å²) in [4.78, 5) is 2.35. The first-order valence-electron chi connectivity index (χ1n) is 5.78. The molecule has 0 radical (unpaired) electrons. The summed E-state index contributed by atoms with van der Waals surface area (Å²) in [5, 5.41) is 13.1. The van der Waals surface area contributed by atoms with Gasteiger partial charge in [0.1, 0.15) is 5.75 Å². The van der Waals surface area contributed by atoms with Crippen LogP contribution in [0, 0.1) is 0 Å². The highest BCUT2D eigenvalue weighted by molar-refractivity contribution is 6.32. The third-order valence-electron chi connectivity index (χ3n) is 3.08. The van der Waals surface area contributed by atoms with Gasteiger partial charge in [-0.3, -0.25) is 4.90 Å². The van der Waals surface area contributed by atoms with Crippen LogP contribution in [-0.4, -0.2) is 36.2 Å². The molecule has 1 saturated heterocycles. The van der Waals surface area contributed by atoms with Gasteiger partial charge in [0.05, 0.1) is 11.1 Å².